The van der Waals surface area contributed by atoms with E-state index in [-0.39, 0.29) is 0 Å². The number of allylic oxidation sites excluding steroid dienone is 1. The summed E-state index contributed by atoms with van der Waals surface area (Å²) in [5.74, 6) is 1.39. The smallest absolute Gasteiger partial charge is 0.0382 e. The quantitative estimate of drug-likeness (QED) is 0.477. The van der Waals surface area contributed by atoms with E-state index >= 15 is 0 Å². The van der Waals surface area contributed by atoms with Crippen molar-refractivity contribution in [1.82, 2.24) is 4.90 Å². The Balaban J connectivity index is 1.40. The highest BCUT2D eigenvalue weighted by molar-refractivity contribution is 5.68. The zero-order valence-corrected chi connectivity index (χ0v) is 19.0. The first kappa shape index (κ1) is 21.7. The lowest BCUT2D eigenvalue weighted by Gasteiger charge is -2.30. The van der Waals surface area contributed by atoms with Crippen LogP contribution < -0.4 is 10.2 Å². The number of anilines is 2. The van der Waals surface area contributed by atoms with Gasteiger partial charge in [-0.25, -0.2) is 0 Å². The van der Waals surface area contributed by atoms with Crippen molar-refractivity contribution >= 4 is 11.4 Å². The molecule has 2 bridgehead atoms. The molecular formula is C28H37N3. The van der Waals surface area contributed by atoms with Gasteiger partial charge >= 0.3 is 0 Å². The fourth-order valence-corrected chi connectivity index (χ4v) is 5.24. The molecule has 164 valence electrons. The Morgan fingerprint density at radius 3 is 2.23 bits per heavy atom. The minimum absolute atomic E-state index is 0.598. The summed E-state index contributed by atoms with van der Waals surface area (Å²) < 4.78 is 0. The Labute approximate surface area is 188 Å². The largest absolute Gasteiger partial charge is 0.368 e. The number of piperidine rings is 1. The van der Waals surface area contributed by atoms with E-state index in [1.165, 1.54) is 61.4 Å². The predicted octanol–water partition coefficient (Wildman–Crippen LogP) is 6.41. The van der Waals surface area contributed by atoms with E-state index in [2.05, 4.69) is 83.7 Å². The van der Waals surface area contributed by atoms with Crippen molar-refractivity contribution in [3.8, 4) is 11.1 Å². The molecule has 5 rings (SSSR count). The summed E-state index contributed by atoms with van der Waals surface area (Å²) >= 11 is 0. The molecule has 0 spiro atoms. The first-order valence-corrected chi connectivity index (χ1v) is 11.9. The molecule has 3 aliphatic rings. The second kappa shape index (κ2) is 10.2. The molecule has 3 nitrogen and oxygen atoms in total. The summed E-state index contributed by atoms with van der Waals surface area (Å²) in [5.41, 5.74) is 6.09. The molecule has 2 aromatic rings. The molecule has 31 heavy (non-hydrogen) atoms. The molecule has 2 aromatic carbocycles. The Hall–Kier alpha value is -2.52. The molecule has 3 heteroatoms. The molecular weight excluding hydrogens is 378 g/mol. The van der Waals surface area contributed by atoms with Crippen molar-refractivity contribution in [1.29, 1.82) is 0 Å². The maximum Gasteiger partial charge on any atom is 0.0382 e. The average molecular weight is 416 g/mol. The molecule has 0 amide bonds. The molecule has 3 fully saturated rings. The van der Waals surface area contributed by atoms with Crippen LogP contribution in [0.4, 0.5) is 11.4 Å². The van der Waals surface area contributed by atoms with Crippen LogP contribution in [-0.4, -0.2) is 37.6 Å². The molecule has 0 aliphatic carbocycles. The number of benzene rings is 2. The van der Waals surface area contributed by atoms with Gasteiger partial charge in [0.1, 0.15) is 0 Å². The van der Waals surface area contributed by atoms with Crippen molar-refractivity contribution in [3.05, 3.63) is 73.5 Å². The third-order valence-corrected chi connectivity index (χ3v) is 7.00. The normalized spacial score (nSPS) is 22.5. The Morgan fingerprint density at radius 1 is 1.00 bits per heavy atom. The number of fused-ring (bicyclic) bond motifs is 4. The van der Waals surface area contributed by atoms with E-state index in [4.69, 9.17) is 0 Å². The van der Waals surface area contributed by atoms with Crippen LogP contribution in [0, 0.1) is 11.8 Å². The number of hydrogen-bond donors (Lipinski definition) is 1. The Kier molecular flexibility index (Phi) is 7.14. The zero-order valence-electron chi connectivity index (χ0n) is 19.0. The lowest BCUT2D eigenvalue weighted by Crippen LogP contribution is -2.31. The van der Waals surface area contributed by atoms with E-state index in [0.29, 0.717) is 5.92 Å². The third-order valence-electron chi connectivity index (χ3n) is 7.00. The van der Waals surface area contributed by atoms with Crippen LogP contribution in [0.25, 0.3) is 11.1 Å². The SMILES string of the molecule is C=CCN(CCC)c1ccc(-c2ccc(NC(=C)C3CCN4CCC3CC4)cc2)cc1. The van der Waals surface area contributed by atoms with E-state index < -0.39 is 0 Å². The van der Waals surface area contributed by atoms with E-state index in [9.17, 15) is 0 Å². The second-order valence-electron chi connectivity index (χ2n) is 9.08. The van der Waals surface area contributed by atoms with Crippen molar-refractivity contribution in [2.75, 3.05) is 42.9 Å². The van der Waals surface area contributed by atoms with Gasteiger partial charge in [-0.15, -0.1) is 6.58 Å². The summed E-state index contributed by atoms with van der Waals surface area (Å²) in [6.07, 6.45) is 6.99. The average Bonchev–Trinajstić information content (AvgIpc) is 3.14. The van der Waals surface area contributed by atoms with Gasteiger partial charge in [-0.2, -0.15) is 0 Å². The molecule has 1 N–H and O–H groups in total. The van der Waals surface area contributed by atoms with Gasteiger partial charge in [0.15, 0.2) is 0 Å². The standard InChI is InChI=1S/C28H37N3/c1-4-17-31(18-5-2)27-12-8-24(9-13-27)23-6-10-26(11-7-23)29-22(3)28-16-21-30-19-14-25(28)15-20-30/h4,6-13,25,28-29H,1,3,5,14-21H2,2H3. The Morgan fingerprint density at radius 2 is 1.61 bits per heavy atom. The third kappa shape index (κ3) is 5.22. The van der Waals surface area contributed by atoms with E-state index in [1.54, 1.807) is 0 Å². The molecule has 3 heterocycles. The number of nitrogens with one attached hydrogen (secondary N) is 1. The molecule has 0 radical (unpaired) electrons. The maximum atomic E-state index is 4.43. The van der Waals surface area contributed by atoms with Crippen LogP contribution in [0.2, 0.25) is 0 Å². The fraction of sp³-hybridized carbons (Fsp3) is 0.429. The topological polar surface area (TPSA) is 18.5 Å². The molecule has 1 unspecified atom stereocenters. The van der Waals surface area contributed by atoms with Crippen LogP contribution in [0.5, 0.6) is 0 Å². The number of hydrogen-bond acceptors (Lipinski definition) is 3. The van der Waals surface area contributed by atoms with Crippen LogP contribution in [0.3, 0.4) is 0 Å². The summed E-state index contributed by atoms with van der Waals surface area (Å²) in [7, 11) is 0. The van der Waals surface area contributed by atoms with Crippen molar-refractivity contribution in [2.45, 2.75) is 32.6 Å². The minimum Gasteiger partial charge on any atom is -0.368 e. The van der Waals surface area contributed by atoms with E-state index in [0.717, 1.165) is 31.1 Å². The van der Waals surface area contributed by atoms with Gasteiger partial charge in [0.2, 0.25) is 0 Å². The minimum atomic E-state index is 0.598. The lowest BCUT2D eigenvalue weighted by molar-refractivity contribution is 0.216. The molecule has 3 saturated heterocycles. The first-order chi connectivity index (χ1) is 15.2. The number of rotatable bonds is 9. The van der Waals surface area contributed by atoms with Gasteiger partial charge < -0.3 is 15.1 Å². The molecule has 0 saturated carbocycles. The fourth-order valence-electron chi connectivity index (χ4n) is 5.24. The molecule has 0 aromatic heterocycles. The lowest BCUT2D eigenvalue weighted by atomic mass is 9.83. The second-order valence-corrected chi connectivity index (χ2v) is 9.08. The van der Waals surface area contributed by atoms with Gasteiger partial charge in [0, 0.05) is 36.1 Å². The van der Waals surface area contributed by atoms with Gasteiger partial charge in [-0.3, -0.25) is 0 Å². The molecule has 3 aliphatic heterocycles. The summed E-state index contributed by atoms with van der Waals surface area (Å²) in [6, 6.07) is 17.7. The summed E-state index contributed by atoms with van der Waals surface area (Å²) in [4.78, 5) is 4.98. The zero-order chi connectivity index (χ0) is 21.6. The van der Waals surface area contributed by atoms with Gasteiger partial charge in [-0.05, 0) is 86.6 Å². The van der Waals surface area contributed by atoms with Crippen LogP contribution in [0.15, 0.2) is 73.5 Å². The highest BCUT2D eigenvalue weighted by Crippen LogP contribution is 2.36. The molecule has 1 atom stereocenters. The maximum absolute atomic E-state index is 4.43. The van der Waals surface area contributed by atoms with Crippen LogP contribution in [-0.2, 0) is 0 Å². The van der Waals surface area contributed by atoms with Crippen molar-refractivity contribution in [3.63, 3.8) is 0 Å². The number of nitrogens with zero attached hydrogens (tertiary/aromatic N) is 2. The monoisotopic (exact) mass is 415 g/mol. The van der Waals surface area contributed by atoms with Crippen LogP contribution in [0.1, 0.15) is 32.6 Å². The Bertz CT molecular complexity index is 860. The van der Waals surface area contributed by atoms with E-state index in [1.807, 2.05) is 6.08 Å². The summed E-state index contributed by atoms with van der Waals surface area (Å²) in [5, 5.41) is 3.62. The van der Waals surface area contributed by atoms with Crippen molar-refractivity contribution in [2.24, 2.45) is 11.8 Å². The first-order valence-electron chi connectivity index (χ1n) is 11.9. The highest BCUT2D eigenvalue weighted by atomic mass is 15.1. The highest BCUT2D eigenvalue weighted by Gasteiger charge is 2.32. The van der Waals surface area contributed by atoms with Gasteiger partial charge in [0.25, 0.3) is 0 Å². The van der Waals surface area contributed by atoms with Gasteiger partial charge in [0.05, 0.1) is 0 Å². The van der Waals surface area contributed by atoms with Crippen LogP contribution >= 0.6 is 0 Å². The summed E-state index contributed by atoms with van der Waals surface area (Å²) in [6.45, 7) is 16.2. The van der Waals surface area contributed by atoms with Gasteiger partial charge in [-0.1, -0.05) is 43.8 Å². The predicted molar refractivity (Wildman–Crippen MR) is 135 cm³/mol. The van der Waals surface area contributed by atoms with Crippen molar-refractivity contribution < 1.29 is 0 Å².